The first-order chi connectivity index (χ1) is 12.4. The number of aromatic amines is 1. The van der Waals surface area contributed by atoms with Crippen molar-refractivity contribution in [3.8, 4) is 11.3 Å². The van der Waals surface area contributed by atoms with Crippen molar-refractivity contribution in [1.29, 1.82) is 0 Å². The molecule has 1 saturated heterocycles. The highest BCUT2D eigenvalue weighted by Crippen LogP contribution is 2.36. The first-order valence-electron chi connectivity index (χ1n) is 8.78. The fourth-order valence-corrected chi connectivity index (χ4v) is 3.81. The van der Waals surface area contributed by atoms with Crippen LogP contribution in [0.5, 0.6) is 0 Å². The number of nitrogens with one attached hydrogen (secondary N) is 1. The normalized spacial score (nSPS) is 17.0. The lowest BCUT2D eigenvalue weighted by Crippen LogP contribution is -2.38. The molecule has 3 aromatic rings. The van der Waals surface area contributed by atoms with E-state index in [9.17, 15) is 0 Å². The van der Waals surface area contributed by atoms with Gasteiger partial charge in [-0.15, -0.1) is 0 Å². The van der Waals surface area contributed by atoms with E-state index in [1.165, 1.54) is 0 Å². The number of aromatic nitrogens is 4. The Hall–Kier alpha value is -1.85. The Balaban J connectivity index is 1.75. The molecule has 0 atom stereocenters. The number of hydrogen-bond donors (Lipinski definition) is 1. The van der Waals surface area contributed by atoms with Crippen molar-refractivity contribution in [2.24, 2.45) is 5.41 Å². The fourth-order valence-electron chi connectivity index (χ4n) is 3.42. The van der Waals surface area contributed by atoms with Crippen molar-refractivity contribution in [3.63, 3.8) is 0 Å². The third-order valence-electron chi connectivity index (χ3n) is 5.17. The summed E-state index contributed by atoms with van der Waals surface area (Å²) in [6.07, 6.45) is 2.30. The Kier molecular flexibility index (Phi) is 4.32. The second-order valence-corrected chi connectivity index (χ2v) is 8.44. The number of anilines is 1. The van der Waals surface area contributed by atoms with Gasteiger partial charge in [0, 0.05) is 18.7 Å². The Labute approximate surface area is 162 Å². The van der Waals surface area contributed by atoms with Gasteiger partial charge in [0.2, 0.25) is 5.65 Å². The largest absolute Gasteiger partial charge is 0.355 e. The SMILES string of the molecule is Cc1nc2c(-c3cccc(Cl)c3Cl)[nH]nc2nc1N1CCC(C)(C)CC1. The smallest absolute Gasteiger partial charge is 0.202 e. The predicted molar refractivity (Wildman–Crippen MR) is 107 cm³/mol. The molecule has 1 N–H and O–H groups in total. The quantitative estimate of drug-likeness (QED) is 0.648. The van der Waals surface area contributed by atoms with Crippen LogP contribution in [-0.2, 0) is 0 Å². The molecule has 0 spiro atoms. The number of hydrogen-bond acceptors (Lipinski definition) is 4. The van der Waals surface area contributed by atoms with Crippen molar-refractivity contribution < 1.29 is 0 Å². The van der Waals surface area contributed by atoms with Crippen LogP contribution < -0.4 is 4.90 Å². The maximum absolute atomic E-state index is 6.37. The first kappa shape index (κ1) is 17.6. The molecule has 0 saturated carbocycles. The Morgan fingerprint density at radius 2 is 1.85 bits per heavy atom. The minimum absolute atomic E-state index is 0.394. The molecular formula is C19H21Cl2N5. The van der Waals surface area contributed by atoms with Crippen LogP contribution in [-0.4, -0.2) is 33.3 Å². The average Bonchev–Trinajstić information content (AvgIpc) is 2.99. The lowest BCUT2D eigenvalue weighted by atomic mass is 9.83. The van der Waals surface area contributed by atoms with Crippen LogP contribution in [0.4, 0.5) is 5.82 Å². The molecule has 0 bridgehead atoms. The molecule has 1 aliphatic rings. The van der Waals surface area contributed by atoms with Crippen LogP contribution in [0.2, 0.25) is 10.0 Å². The molecule has 2 aromatic heterocycles. The highest BCUT2D eigenvalue weighted by Gasteiger charge is 2.27. The van der Waals surface area contributed by atoms with Gasteiger partial charge in [-0.3, -0.25) is 5.10 Å². The van der Waals surface area contributed by atoms with Crippen molar-refractivity contribution >= 4 is 40.2 Å². The zero-order chi connectivity index (χ0) is 18.5. The standard InChI is InChI=1S/C19H21Cl2N5/c1-11-18(26-9-7-19(2,3)8-10-26)23-17-16(22-11)15(24-25-17)12-5-4-6-13(20)14(12)21/h4-6H,7-10H2,1-3H3,(H,23,24,25). The number of H-pyrrole nitrogens is 1. The van der Waals surface area contributed by atoms with Gasteiger partial charge in [0.1, 0.15) is 5.52 Å². The summed E-state index contributed by atoms with van der Waals surface area (Å²) >= 11 is 12.5. The van der Waals surface area contributed by atoms with E-state index < -0.39 is 0 Å². The minimum Gasteiger partial charge on any atom is -0.355 e. The van der Waals surface area contributed by atoms with Gasteiger partial charge in [0.15, 0.2) is 5.82 Å². The maximum atomic E-state index is 6.37. The Morgan fingerprint density at radius 3 is 2.58 bits per heavy atom. The van der Waals surface area contributed by atoms with Crippen molar-refractivity contribution in [2.45, 2.75) is 33.6 Å². The Morgan fingerprint density at radius 1 is 1.12 bits per heavy atom. The monoisotopic (exact) mass is 389 g/mol. The van der Waals surface area contributed by atoms with E-state index in [-0.39, 0.29) is 0 Å². The number of nitrogens with zero attached hydrogens (tertiary/aromatic N) is 4. The van der Waals surface area contributed by atoms with E-state index in [1.54, 1.807) is 6.07 Å². The molecule has 3 heterocycles. The van der Waals surface area contributed by atoms with Gasteiger partial charge in [-0.05, 0) is 31.2 Å². The van der Waals surface area contributed by atoms with E-state index in [2.05, 4.69) is 28.9 Å². The molecule has 0 amide bonds. The number of halogens is 2. The van der Waals surface area contributed by atoms with Crippen LogP contribution in [0.1, 0.15) is 32.4 Å². The second-order valence-electron chi connectivity index (χ2n) is 7.66. The van der Waals surface area contributed by atoms with Gasteiger partial charge in [-0.2, -0.15) is 5.10 Å². The van der Waals surface area contributed by atoms with Gasteiger partial charge in [0.25, 0.3) is 0 Å². The third kappa shape index (κ3) is 3.03. The number of fused-ring (bicyclic) bond motifs is 1. The van der Waals surface area contributed by atoms with E-state index in [0.717, 1.165) is 48.7 Å². The molecule has 0 unspecified atom stereocenters. The maximum Gasteiger partial charge on any atom is 0.202 e. The lowest BCUT2D eigenvalue weighted by Gasteiger charge is -2.37. The zero-order valence-corrected chi connectivity index (χ0v) is 16.6. The first-order valence-corrected chi connectivity index (χ1v) is 9.53. The second kappa shape index (κ2) is 6.39. The summed E-state index contributed by atoms with van der Waals surface area (Å²) in [5.41, 5.74) is 4.13. The molecule has 4 rings (SSSR count). The molecule has 5 nitrogen and oxygen atoms in total. The third-order valence-corrected chi connectivity index (χ3v) is 5.99. The van der Waals surface area contributed by atoms with E-state index in [0.29, 0.717) is 26.6 Å². The molecule has 1 fully saturated rings. The Bertz CT molecular complexity index is 969. The van der Waals surface area contributed by atoms with Gasteiger partial charge in [0.05, 0.1) is 21.4 Å². The van der Waals surface area contributed by atoms with Crippen LogP contribution in [0.25, 0.3) is 22.4 Å². The summed E-state index contributed by atoms with van der Waals surface area (Å²) in [7, 11) is 0. The average molecular weight is 390 g/mol. The molecular weight excluding hydrogens is 369 g/mol. The molecule has 0 aliphatic carbocycles. The predicted octanol–water partition coefficient (Wildman–Crippen LogP) is 5.26. The molecule has 1 aliphatic heterocycles. The summed E-state index contributed by atoms with van der Waals surface area (Å²) in [5, 5.41) is 8.39. The van der Waals surface area contributed by atoms with E-state index in [1.807, 2.05) is 19.1 Å². The minimum atomic E-state index is 0.394. The van der Waals surface area contributed by atoms with Crippen LogP contribution in [0.15, 0.2) is 18.2 Å². The summed E-state index contributed by atoms with van der Waals surface area (Å²) in [4.78, 5) is 11.9. The zero-order valence-electron chi connectivity index (χ0n) is 15.1. The van der Waals surface area contributed by atoms with Crippen LogP contribution in [0, 0.1) is 12.3 Å². The van der Waals surface area contributed by atoms with Crippen molar-refractivity contribution in [1.82, 2.24) is 20.2 Å². The van der Waals surface area contributed by atoms with Crippen LogP contribution >= 0.6 is 23.2 Å². The molecule has 26 heavy (non-hydrogen) atoms. The fraction of sp³-hybridized carbons (Fsp3) is 0.421. The number of aryl methyl sites for hydroxylation is 1. The van der Waals surface area contributed by atoms with E-state index >= 15 is 0 Å². The summed E-state index contributed by atoms with van der Waals surface area (Å²) < 4.78 is 0. The molecule has 136 valence electrons. The molecule has 1 aromatic carbocycles. The van der Waals surface area contributed by atoms with Crippen molar-refractivity contribution in [2.75, 3.05) is 18.0 Å². The van der Waals surface area contributed by atoms with Crippen LogP contribution in [0.3, 0.4) is 0 Å². The molecule has 7 heteroatoms. The molecule has 0 radical (unpaired) electrons. The van der Waals surface area contributed by atoms with Crippen molar-refractivity contribution in [3.05, 3.63) is 33.9 Å². The summed E-state index contributed by atoms with van der Waals surface area (Å²) in [6.45, 7) is 8.62. The number of benzene rings is 1. The van der Waals surface area contributed by atoms with Gasteiger partial charge in [-0.25, -0.2) is 9.97 Å². The summed E-state index contributed by atoms with van der Waals surface area (Å²) in [5.74, 6) is 0.920. The number of rotatable bonds is 2. The lowest BCUT2D eigenvalue weighted by molar-refractivity contribution is 0.279. The summed E-state index contributed by atoms with van der Waals surface area (Å²) in [6, 6.07) is 5.53. The van der Waals surface area contributed by atoms with Gasteiger partial charge >= 0.3 is 0 Å². The number of piperidine rings is 1. The van der Waals surface area contributed by atoms with Gasteiger partial charge in [-0.1, -0.05) is 49.2 Å². The van der Waals surface area contributed by atoms with E-state index in [4.69, 9.17) is 33.2 Å². The topological polar surface area (TPSA) is 57.7 Å². The highest BCUT2D eigenvalue weighted by molar-refractivity contribution is 6.43. The highest BCUT2D eigenvalue weighted by atomic mass is 35.5. The van der Waals surface area contributed by atoms with Gasteiger partial charge < -0.3 is 4.90 Å².